The second-order valence-corrected chi connectivity index (χ2v) is 2.75. The first-order chi connectivity index (χ1) is 6.77. The molecule has 0 fully saturated rings. The molecule has 1 N–H and O–H groups in total. The molecule has 5 heteroatoms. The summed E-state index contributed by atoms with van der Waals surface area (Å²) in [5, 5.41) is 3.27. The molecule has 1 aromatic heterocycles. The largest absolute Gasteiger partial charge is 0.439 e. The van der Waals surface area contributed by atoms with Gasteiger partial charge in [-0.3, -0.25) is 9.51 Å². The third-order valence-corrected chi connectivity index (χ3v) is 1.79. The Bertz CT molecular complexity index is 463. The number of nitrogens with one attached hydrogen (secondary N) is 1. The second kappa shape index (κ2) is 3.45. The third-order valence-electron chi connectivity index (χ3n) is 1.79. The number of aromatic nitrogens is 2. The van der Waals surface area contributed by atoms with Gasteiger partial charge in [-0.2, -0.15) is 0 Å². The fraction of sp³-hybridized carbons (Fsp3) is 0.111. The molecule has 4 nitrogen and oxygen atoms in total. The molecule has 0 aliphatic heterocycles. The molecule has 0 spiro atoms. The first-order valence-electron chi connectivity index (χ1n) is 4.02. The fourth-order valence-electron chi connectivity index (χ4n) is 1.13. The molecule has 2 rings (SSSR count). The minimum atomic E-state index is -1.46. The third kappa shape index (κ3) is 1.56. The zero-order chi connectivity index (χ0) is 9.97. The minimum Gasteiger partial charge on any atom is -0.296 e. The summed E-state index contributed by atoms with van der Waals surface area (Å²) in [4.78, 5) is 12.7. The molecule has 1 atom stereocenters. The maximum atomic E-state index is 13.6. The van der Waals surface area contributed by atoms with Crippen LogP contribution in [0.4, 0.5) is 4.39 Å². The molecule has 14 heavy (non-hydrogen) atoms. The summed E-state index contributed by atoms with van der Waals surface area (Å²) < 4.78 is 17.8. The van der Waals surface area contributed by atoms with Gasteiger partial charge in [0.2, 0.25) is 0 Å². The summed E-state index contributed by atoms with van der Waals surface area (Å²) in [5.74, 6) is -0.861. The average Bonchev–Trinajstić information content (AvgIpc) is 2.65. The van der Waals surface area contributed by atoms with Gasteiger partial charge in [0.15, 0.2) is 12.0 Å². The van der Waals surface area contributed by atoms with Crippen LogP contribution in [0.5, 0.6) is 0 Å². The monoisotopic (exact) mass is 194 g/mol. The van der Waals surface area contributed by atoms with Gasteiger partial charge < -0.3 is 0 Å². The standard InChI is InChI=1S/C9H7FN2O2/c10-7(6-4-2-1-3-5-6)8-11-9(13)14-12-8/h1-5,7H,(H,11,12,13). The SMILES string of the molecule is O=c1[nH]c(C(F)c2ccccc2)no1. The number of H-pyrrole nitrogens is 1. The lowest BCUT2D eigenvalue weighted by Gasteiger charge is -2.02. The summed E-state index contributed by atoms with van der Waals surface area (Å²) in [6.45, 7) is 0. The van der Waals surface area contributed by atoms with Gasteiger partial charge in [0.05, 0.1) is 0 Å². The van der Waals surface area contributed by atoms with Crippen molar-refractivity contribution in [1.82, 2.24) is 10.1 Å². The Hall–Kier alpha value is -1.91. The van der Waals surface area contributed by atoms with Crippen molar-refractivity contribution in [3.05, 3.63) is 52.3 Å². The van der Waals surface area contributed by atoms with Crippen LogP contribution in [0.1, 0.15) is 17.6 Å². The Kier molecular flexibility index (Phi) is 2.14. The molecule has 0 aliphatic carbocycles. The normalized spacial score (nSPS) is 12.6. The van der Waals surface area contributed by atoms with Crippen LogP contribution in [0, 0.1) is 0 Å². The van der Waals surface area contributed by atoms with Crippen LogP contribution < -0.4 is 5.76 Å². The van der Waals surface area contributed by atoms with Crippen molar-refractivity contribution in [3.63, 3.8) is 0 Å². The van der Waals surface area contributed by atoms with Crippen LogP contribution in [0.3, 0.4) is 0 Å². The molecule has 0 bridgehead atoms. The lowest BCUT2D eigenvalue weighted by Crippen LogP contribution is -2.01. The highest BCUT2D eigenvalue weighted by molar-refractivity contribution is 5.21. The first kappa shape index (κ1) is 8.68. The van der Waals surface area contributed by atoms with Crippen molar-refractivity contribution < 1.29 is 8.91 Å². The molecule has 1 heterocycles. The molecule has 0 saturated heterocycles. The Morgan fingerprint density at radius 2 is 2.07 bits per heavy atom. The summed E-state index contributed by atoms with van der Waals surface area (Å²) in [6.07, 6.45) is -1.46. The number of nitrogens with zero attached hydrogens (tertiary/aromatic N) is 1. The summed E-state index contributed by atoms with van der Waals surface area (Å²) in [5.41, 5.74) is 0.428. The van der Waals surface area contributed by atoms with Crippen LogP contribution in [0.2, 0.25) is 0 Å². The number of alkyl halides is 1. The smallest absolute Gasteiger partial charge is 0.296 e. The lowest BCUT2D eigenvalue weighted by atomic mass is 10.1. The van der Waals surface area contributed by atoms with E-state index in [-0.39, 0.29) is 5.82 Å². The van der Waals surface area contributed by atoms with Crippen LogP contribution in [0.25, 0.3) is 0 Å². The summed E-state index contributed by atoms with van der Waals surface area (Å²) >= 11 is 0. The molecular weight excluding hydrogens is 187 g/mol. The van der Waals surface area contributed by atoms with Crippen molar-refractivity contribution >= 4 is 0 Å². The highest BCUT2D eigenvalue weighted by Gasteiger charge is 2.16. The Morgan fingerprint density at radius 1 is 1.36 bits per heavy atom. The molecule has 1 aromatic carbocycles. The van der Waals surface area contributed by atoms with E-state index in [0.29, 0.717) is 5.56 Å². The van der Waals surface area contributed by atoms with E-state index in [1.807, 2.05) is 0 Å². The Balaban J connectivity index is 2.33. The highest BCUT2D eigenvalue weighted by Crippen LogP contribution is 2.21. The van der Waals surface area contributed by atoms with E-state index >= 15 is 0 Å². The second-order valence-electron chi connectivity index (χ2n) is 2.75. The van der Waals surface area contributed by atoms with E-state index in [1.165, 1.54) is 0 Å². The molecule has 2 aromatic rings. The number of hydrogen-bond acceptors (Lipinski definition) is 3. The molecule has 0 radical (unpaired) electrons. The first-order valence-corrected chi connectivity index (χ1v) is 4.02. The van der Waals surface area contributed by atoms with Crippen LogP contribution in [-0.4, -0.2) is 10.1 Å². The van der Waals surface area contributed by atoms with Gasteiger partial charge >= 0.3 is 5.76 Å². The van der Waals surface area contributed by atoms with E-state index in [2.05, 4.69) is 14.7 Å². The Morgan fingerprint density at radius 3 is 2.64 bits per heavy atom. The van der Waals surface area contributed by atoms with Crippen molar-refractivity contribution in [3.8, 4) is 0 Å². The van der Waals surface area contributed by atoms with Gasteiger partial charge in [-0.05, 0) is 5.56 Å². The van der Waals surface area contributed by atoms with Crippen LogP contribution >= 0.6 is 0 Å². The Labute approximate surface area is 78.4 Å². The number of hydrogen-bond donors (Lipinski definition) is 1. The summed E-state index contributed by atoms with van der Waals surface area (Å²) in [6, 6.07) is 8.41. The van der Waals surface area contributed by atoms with Gasteiger partial charge in [0.25, 0.3) is 0 Å². The number of benzene rings is 1. The van der Waals surface area contributed by atoms with Crippen molar-refractivity contribution in [2.75, 3.05) is 0 Å². The quantitative estimate of drug-likeness (QED) is 0.786. The number of aromatic amines is 1. The maximum absolute atomic E-state index is 13.6. The van der Waals surface area contributed by atoms with Crippen LogP contribution in [0.15, 0.2) is 39.6 Å². The van der Waals surface area contributed by atoms with Crippen LogP contribution in [-0.2, 0) is 0 Å². The lowest BCUT2D eigenvalue weighted by molar-refractivity contribution is 0.342. The topological polar surface area (TPSA) is 58.9 Å². The van der Waals surface area contributed by atoms with Gasteiger partial charge in [0, 0.05) is 0 Å². The predicted octanol–water partition coefficient (Wildman–Crippen LogP) is 1.42. The molecule has 0 aliphatic rings. The van der Waals surface area contributed by atoms with E-state index in [9.17, 15) is 9.18 Å². The van der Waals surface area contributed by atoms with Crippen molar-refractivity contribution in [2.45, 2.75) is 6.17 Å². The number of halogens is 1. The fourth-order valence-corrected chi connectivity index (χ4v) is 1.13. The average molecular weight is 194 g/mol. The van der Waals surface area contributed by atoms with Crippen molar-refractivity contribution in [1.29, 1.82) is 0 Å². The van der Waals surface area contributed by atoms with Gasteiger partial charge in [-0.1, -0.05) is 35.5 Å². The zero-order valence-corrected chi connectivity index (χ0v) is 7.11. The molecular formula is C9H7FN2O2. The van der Waals surface area contributed by atoms with E-state index < -0.39 is 11.9 Å². The molecule has 72 valence electrons. The zero-order valence-electron chi connectivity index (χ0n) is 7.11. The van der Waals surface area contributed by atoms with Crippen molar-refractivity contribution in [2.24, 2.45) is 0 Å². The minimum absolute atomic E-state index is 0.110. The molecule has 0 saturated carbocycles. The van der Waals surface area contributed by atoms with Gasteiger partial charge in [-0.25, -0.2) is 9.18 Å². The molecule has 1 unspecified atom stereocenters. The molecule has 0 amide bonds. The maximum Gasteiger partial charge on any atom is 0.439 e. The highest BCUT2D eigenvalue weighted by atomic mass is 19.1. The van der Waals surface area contributed by atoms with E-state index in [4.69, 9.17) is 0 Å². The van der Waals surface area contributed by atoms with E-state index in [0.717, 1.165) is 0 Å². The number of rotatable bonds is 2. The van der Waals surface area contributed by atoms with E-state index in [1.54, 1.807) is 30.3 Å². The van der Waals surface area contributed by atoms with Gasteiger partial charge in [0.1, 0.15) is 0 Å². The van der Waals surface area contributed by atoms with Gasteiger partial charge in [-0.15, -0.1) is 0 Å². The summed E-state index contributed by atoms with van der Waals surface area (Å²) in [7, 11) is 0. The predicted molar refractivity (Wildman–Crippen MR) is 46.5 cm³/mol.